The molecule has 1 heterocycles. The molecular weight excluding hydrogens is 517 g/mol. The van der Waals surface area contributed by atoms with Crippen molar-refractivity contribution < 1.29 is 18.3 Å². The number of pyridine rings is 1. The van der Waals surface area contributed by atoms with Crippen LogP contribution in [0.5, 0.6) is 5.75 Å². The SMILES string of the molecule is CCO[C@@H](CCO[Si](C(C)C)(C(C)C)C(C)C)c1ccc(O[C@@H]2CCc3c(-c4ccc(F)nc4)cccc32)cc1. The Bertz CT molecular complexity index is 1210. The smallest absolute Gasteiger partial charge is 0.212 e. The molecule has 0 saturated heterocycles. The summed E-state index contributed by atoms with van der Waals surface area (Å²) in [5, 5.41) is 0. The van der Waals surface area contributed by atoms with Crippen molar-refractivity contribution in [2.45, 2.75) is 96.6 Å². The second-order valence-corrected chi connectivity index (χ2v) is 17.3. The summed E-state index contributed by atoms with van der Waals surface area (Å²) in [5.41, 5.74) is 7.36. The highest BCUT2D eigenvalue weighted by Gasteiger charge is 2.45. The third-order valence-corrected chi connectivity index (χ3v) is 14.7. The first-order chi connectivity index (χ1) is 19.2. The number of hydrogen-bond donors (Lipinski definition) is 0. The van der Waals surface area contributed by atoms with Gasteiger partial charge in [0, 0.05) is 25.0 Å². The Balaban J connectivity index is 1.43. The fraction of sp³-hybridized carbons (Fsp3) is 0.500. The predicted molar refractivity (Wildman–Crippen MR) is 164 cm³/mol. The number of nitrogens with zero attached hydrogens (tertiary/aromatic N) is 1. The standard InChI is InChI=1S/C34H46FNO3Si/c1-8-37-32(20-21-38-40(23(2)3,24(4)5)25(6)7)26-12-15-28(16-13-26)39-33-18-17-30-29(10-9-11-31(30)33)27-14-19-34(35)36-22-27/h9-16,19,22-25,32-33H,8,17-18,20-21H2,1-7H3/t32-,33+/m0/s1. The second kappa shape index (κ2) is 13.4. The molecule has 0 fully saturated rings. The molecule has 0 aliphatic heterocycles. The van der Waals surface area contributed by atoms with Crippen LogP contribution in [-0.4, -0.2) is 26.5 Å². The van der Waals surface area contributed by atoms with Gasteiger partial charge in [-0.3, -0.25) is 0 Å². The Kier molecular flexibility index (Phi) is 10.2. The van der Waals surface area contributed by atoms with Gasteiger partial charge in [0.1, 0.15) is 11.9 Å². The van der Waals surface area contributed by atoms with Gasteiger partial charge < -0.3 is 13.9 Å². The molecular formula is C34H46FNO3Si. The van der Waals surface area contributed by atoms with Crippen LogP contribution in [0.1, 0.15) is 90.2 Å². The van der Waals surface area contributed by atoms with Crippen LogP contribution in [0.4, 0.5) is 4.39 Å². The lowest BCUT2D eigenvalue weighted by molar-refractivity contribution is 0.0439. The van der Waals surface area contributed by atoms with Crippen molar-refractivity contribution >= 4 is 8.32 Å². The van der Waals surface area contributed by atoms with Gasteiger partial charge in [0.2, 0.25) is 5.95 Å². The highest BCUT2D eigenvalue weighted by molar-refractivity contribution is 6.77. The summed E-state index contributed by atoms with van der Waals surface area (Å²) in [5.74, 6) is 0.393. The van der Waals surface area contributed by atoms with Crippen molar-refractivity contribution in [1.29, 1.82) is 0 Å². The van der Waals surface area contributed by atoms with Gasteiger partial charge in [-0.25, -0.2) is 4.98 Å². The minimum absolute atomic E-state index is 0.00341. The number of hydrogen-bond acceptors (Lipinski definition) is 4. The van der Waals surface area contributed by atoms with Crippen LogP contribution < -0.4 is 4.74 Å². The Morgan fingerprint density at radius 3 is 2.23 bits per heavy atom. The van der Waals surface area contributed by atoms with E-state index in [1.54, 1.807) is 12.3 Å². The van der Waals surface area contributed by atoms with Gasteiger partial charge in [-0.15, -0.1) is 0 Å². The van der Waals surface area contributed by atoms with Crippen molar-refractivity contribution in [2.24, 2.45) is 0 Å². The van der Waals surface area contributed by atoms with E-state index >= 15 is 0 Å². The van der Waals surface area contributed by atoms with E-state index < -0.39 is 14.3 Å². The lowest BCUT2D eigenvalue weighted by Crippen LogP contribution is -2.48. The summed E-state index contributed by atoms with van der Waals surface area (Å²) in [6, 6.07) is 17.9. The van der Waals surface area contributed by atoms with Crippen LogP contribution in [0.25, 0.3) is 11.1 Å². The molecule has 0 N–H and O–H groups in total. The summed E-state index contributed by atoms with van der Waals surface area (Å²) >= 11 is 0. The van der Waals surface area contributed by atoms with E-state index in [1.807, 2.05) is 6.07 Å². The molecule has 40 heavy (non-hydrogen) atoms. The number of fused-ring (bicyclic) bond motifs is 1. The van der Waals surface area contributed by atoms with Gasteiger partial charge in [-0.1, -0.05) is 71.9 Å². The summed E-state index contributed by atoms with van der Waals surface area (Å²) in [4.78, 5) is 3.84. The maximum Gasteiger partial charge on any atom is 0.212 e. The molecule has 2 aromatic carbocycles. The first kappa shape index (κ1) is 30.4. The van der Waals surface area contributed by atoms with E-state index in [1.165, 1.54) is 17.2 Å². The third-order valence-electron chi connectivity index (χ3n) is 8.59. The molecule has 1 aliphatic carbocycles. The molecule has 0 unspecified atom stereocenters. The van der Waals surface area contributed by atoms with Crippen LogP contribution in [0, 0.1) is 5.95 Å². The fourth-order valence-electron chi connectivity index (χ4n) is 6.86. The van der Waals surface area contributed by atoms with E-state index in [0.717, 1.165) is 41.7 Å². The van der Waals surface area contributed by atoms with Gasteiger partial charge >= 0.3 is 0 Å². The van der Waals surface area contributed by atoms with E-state index in [-0.39, 0.29) is 12.2 Å². The average Bonchev–Trinajstić information content (AvgIpc) is 3.33. The van der Waals surface area contributed by atoms with E-state index in [2.05, 4.69) is 89.8 Å². The molecule has 3 aromatic rings. The highest BCUT2D eigenvalue weighted by atomic mass is 28.4. The molecule has 0 radical (unpaired) electrons. The zero-order chi connectivity index (χ0) is 28.9. The first-order valence-corrected chi connectivity index (χ1v) is 17.1. The van der Waals surface area contributed by atoms with Crippen LogP contribution in [0.3, 0.4) is 0 Å². The van der Waals surface area contributed by atoms with Crippen LogP contribution in [0.2, 0.25) is 16.6 Å². The monoisotopic (exact) mass is 563 g/mol. The topological polar surface area (TPSA) is 40.6 Å². The molecule has 4 rings (SSSR count). The highest BCUT2D eigenvalue weighted by Crippen LogP contribution is 2.43. The molecule has 4 nitrogen and oxygen atoms in total. The van der Waals surface area contributed by atoms with Gasteiger partial charge in [0.15, 0.2) is 8.32 Å². The average molecular weight is 564 g/mol. The van der Waals surface area contributed by atoms with Gasteiger partial charge in [-0.2, -0.15) is 4.39 Å². The Morgan fingerprint density at radius 2 is 1.62 bits per heavy atom. The third kappa shape index (κ3) is 6.50. The summed E-state index contributed by atoms with van der Waals surface area (Å²) in [6.07, 6.45) is 4.27. The minimum Gasteiger partial charge on any atom is -0.486 e. The number of aromatic nitrogens is 1. The molecule has 0 spiro atoms. The van der Waals surface area contributed by atoms with Gasteiger partial charge in [0.25, 0.3) is 0 Å². The first-order valence-electron chi connectivity index (χ1n) is 14.9. The minimum atomic E-state index is -1.90. The number of benzene rings is 2. The van der Waals surface area contributed by atoms with Crippen molar-refractivity contribution in [3.05, 3.63) is 83.4 Å². The van der Waals surface area contributed by atoms with E-state index in [0.29, 0.717) is 29.8 Å². The van der Waals surface area contributed by atoms with Crippen LogP contribution in [0.15, 0.2) is 60.8 Å². The maximum atomic E-state index is 13.4. The van der Waals surface area contributed by atoms with Crippen molar-refractivity contribution in [3.63, 3.8) is 0 Å². The molecule has 0 amide bonds. The Hall–Kier alpha value is -2.54. The molecule has 1 aromatic heterocycles. The molecule has 2 atom stereocenters. The summed E-state index contributed by atoms with van der Waals surface area (Å²) in [7, 11) is -1.90. The molecule has 216 valence electrons. The van der Waals surface area contributed by atoms with Crippen LogP contribution >= 0.6 is 0 Å². The zero-order valence-electron chi connectivity index (χ0n) is 25.2. The predicted octanol–water partition coefficient (Wildman–Crippen LogP) is 9.61. The fourth-order valence-corrected chi connectivity index (χ4v) is 12.3. The van der Waals surface area contributed by atoms with Crippen molar-refractivity contribution in [2.75, 3.05) is 13.2 Å². The normalized spacial score (nSPS) is 16.1. The lowest BCUT2D eigenvalue weighted by Gasteiger charge is -2.42. The zero-order valence-corrected chi connectivity index (χ0v) is 26.2. The molecule has 1 aliphatic rings. The number of halogens is 1. The van der Waals surface area contributed by atoms with E-state index in [4.69, 9.17) is 13.9 Å². The maximum absolute atomic E-state index is 13.4. The molecule has 0 bridgehead atoms. The largest absolute Gasteiger partial charge is 0.486 e. The summed E-state index contributed by atoms with van der Waals surface area (Å²) in [6.45, 7) is 17.4. The van der Waals surface area contributed by atoms with Crippen molar-refractivity contribution in [3.8, 4) is 16.9 Å². The number of ether oxygens (including phenoxy) is 2. The second-order valence-electron chi connectivity index (χ2n) is 11.9. The van der Waals surface area contributed by atoms with E-state index in [9.17, 15) is 4.39 Å². The molecule has 6 heteroatoms. The quantitative estimate of drug-likeness (QED) is 0.153. The summed E-state index contributed by atoms with van der Waals surface area (Å²) < 4.78 is 32.8. The number of rotatable bonds is 13. The van der Waals surface area contributed by atoms with Gasteiger partial charge in [-0.05, 0) is 89.3 Å². The van der Waals surface area contributed by atoms with Gasteiger partial charge in [0.05, 0.1) is 6.10 Å². The molecule has 0 saturated carbocycles. The lowest BCUT2D eigenvalue weighted by atomic mass is 9.98. The van der Waals surface area contributed by atoms with Crippen LogP contribution in [-0.2, 0) is 15.6 Å². The van der Waals surface area contributed by atoms with Crippen molar-refractivity contribution in [1.82, 2.24) is 4.98 Å². The Labute approximate surface area is 241 Å². The Morgan fingerprint density at radius 1 is 0.925 bits per heavy atom.